The second-order valence-corrected chi connectivity index (χ2v) is 5.54. The molecule has 0 radical (unpaired) electrons. The Balaban J connectivity index is 2.12. The highest BCUT2D eigenvalue weighted by Gasteiger charge is 2.29. The summed E-state index contributed by atoms with van der Waals surface area (Å²) in [5.41, 5.74) is 1.32. The Morgan fingerprint density at radius 2 is 2.10 bits per heavy atom. The molecule has 0 unspecified atom stereocenters. The van der Waals surface area contributed by atoms with Crippen molar-refractivity contribution in [1.82, 2.24) is 10.3 Å². The van der Waals surface area contributed by atoms with E-state index in [1.165, 1.54) is 0 Å². The van der Waals surface area contributed by atoms with Crippen LogP contribution in [0.2, 0.25) is 0 Å². The number of pyridine rings is 1. The molecule has 0 spiro atoms. The first kappa shape index (κ1) is 14.8. The van der Waals surface area contributed by atoms with Crippen LogP contribution in [0.5, 0.6) is 0 Å². The van der Waals surface area contributed by atoms with Crippen LogP contribution in [0.15, 0.2) is 12.1 Å². The lowest BCUT2D eigenvalue weighted by Crippen LogP contribution is -2.49. The van der Waals surface area contributed by atoms with Crippen LogP contribution in [0, 0.1) is 6.92 Å². The fourth-order valence-corrected chi connectivity index (χ4v) is 2.36. The topological polar surface area (TPSA) is 63.2 Å². The first-order valence-corrected chi connectivity index (χ1v) is 7.15. The fraction of sp³-hybridized carbons (Fsp3) is 0.600. The molecule has 5 heteroatoms. The summed E-state index contributed by atoms with van der Waals surface area (Å²) in [6, 6.07) is 3.62. The molecule has 20 heavy (non-hydrogen) atoms. The van der Waals surface area contributed by atoms with Crippen LogP contribution in [0.3, 0.4) is 0 Å². The van der Waals surface area contributed by atoms with E-state index < -0.39 is 0 Å². The monoisotopic (exact) mass is 277 g/mol. The molecule has 0 saturated carbocycles. The van der Waals surface area contributed by atoms with Crippen molar-refractivity contribution in [2.24, 2.45) is 0 Å². The van der Waals surface area contributed by atoms with Crippen LogP contribution in [0.1, 0.15) is 42.7 Å². The van der Waals surface area contributed by atoms with E-state index in [0.717, 1.165) is 30.9 Å². The molecule has 0 atom stereocenters. The Morgan fingerprint density at radius 3 is 2.75 bits per heavy atom. The van der Waals surface area contributed by atoms with E-state index >= 15 is 0 Å². The summed E-state index contributed by atoms with van der Waals surface area (Å²) in [6.07, 6.45) is 1.70. The highest BCUT2D eigenvalue weighted by molar-refractivity contribution is 5.95. The van der Waals surface area contributed by atoms with Gasteiger partial charge >= 0.3 is 0 Å². The summed E-state index contributed by atoms with van der Waals surface area (Å²) in [4.78, 5) is 16.8. The second kappa shape index (κ2) is 6.22. The number of nitrogens with one attached hydrogen (secondary N) is 2. The lowest BCUT2D eigenvalue weighted by atomic mass is 9.92. The molecule has 2 N–H and O–H groups in total. The number of nitrogens with zero attached hydrogens (tertiary/aromatic N) is 1. The molecule has 1 aliphatic heterocycles. The van der Waals surface area contributed by atoms with E-state index in [9.17, 15) is 4.79 Å². The van der Waals surface area contributed by atoms with E-state index in [4.69, 9.17) is 4.74 Å². The van der Waals surface area contributed by atoms with E-state index in [1.807, 2.05) is 19.9 Å². The summed E-state index contributed by atoms with van der Waals surface area (Å²) in [5, 5.41) is 6.28. The standard InChI is InChI=1S/C15H23N3O2/c1-4-16-13-10-12(9-11(2)17-13)14(19)18-15(3)5-7-20-8-6-15/h9-10H,4-8H2,1-3H3,(H,16,17)(H,18,19). The minimum Gasteiger partial charge on any atom is -0.381 e. The number of aryl methyl sites for hydroxylation is 1. The average Bonchev–Trinajstić information content (AvgIpc) is 2.38. The molecular formula is C15H23N3O2. The van der Waals surface area contributed by atoms with Crippen LogP contribution < -0.4 is 10.6 Å². The van der Waals surface area contributed by atoms with Gasteiger partial charge in [0.15, 0.2) is 0 Å². The van der Waals surface area contributed by atoms with Gasteiger partial charge in [-0.1, -0.05) is 0 Å². The maximum Gasteiger partial charge on any atom is 0.251 e. The van der Waals surface area contributed by atoms with Crippen molar-refractivity contribution in [2.45, 2.75) is 39.2 Å². The molecule has 1 aromatic rings. The minimum atomic E-state index is -0.176. The van der Waals surface area contributed by atoms with Gasteiger partial charge in [-0.2, -0.15) is 0 Å². The van der Waals surface area contributed by atoms with E-state index in [-0.39, 0.29) is 11.4 Å². The Labute approximate surface area is 120 Å². The van der Waals surface area contributed by atoms with Crippen LogP contribution >= 0.6 is 0 Å². The van der Waals surface area contributed by atoms with Gasteiger partial charge < -0.3 is 15.4 Å². The van der Waals surface area contributed by atoms with Crippen molar-refractivity contribution < 1.29 is 9.53 Å². The van der Waals surface area contributed by atoms with Gasteiger partial charge in [0.2, 0.25) is 0 Å². The van der Waals surface area contributed by atoms with Crippen molar-refractivity contribution in [2.75, 3.05) is 25.1 Å². The molecule has 1 amide bonds. The first-order valence-electron chi connectivity index (χ1n) is 7.15. The quantitative estimate of drug-likeness (QED) is 0.885. The lowest BCUT2D eigenvalue weighted by molar-refractivity contribution is 0.0423. The van der Waals surface area contributed by atoms with Crippen molar-refractivity contribution in [1.29, 1.82) is 0 Å². The van der Waals surface area contributed by atoms with Crippen LogP contribution in [0.25, 0.3) is 0 Å². The van der Waals surface area contributed by atoms with Crippen LogP contribution in [-0.4, -0.2) is 36.2 Å². The second-order valence-electron chi connectivity index (χ2n) is 5.54. The third-order valence-corrected chi connectivity index (χ3v) is 3.59. The summed E-state index contributed by atoms with van der Waals surface area (Å²) in [6.45, 7) is 8.17. The average molecular weight is 277 g/mol. The van der Waals surface area contributed by atoms with Crippen LogP contribution in [0.4, 0.5) is 5.82 Å². The van der Waals surface area contributed by atoms with Gasteiger partial charge in [-0.3, -0.25) is 4.79 Å². The zero-order valence-electron chi connectivity index (χ0n) is 12.5. The predicted octanol–water partition coefficient (Wildman–Crippen LogP) is 2.12. The molecular weight excluding hydrogens is 254 g/mol. The third-order valence-electron chi connectivity index (χ3n) is 3.59. The van der Waals surface area contributed by atoms with Gasteiger partial charge in [-0.25, -0.2) is 4.98 Å². The normalized spacial score (nSPS) is 17.6. The van der Waals surface area contributed by atoms with Gasteiger partial charge in [-0.05, 0) is 45.7 Å². The number of hydrogen-bond acceptors (Lipinski definition) is 4. The maximum absolute atomic E-state index is 12.4. The Hall–Kier alpha value is -1.62. The van der Waals surface area contributed by atoms with E-state index in [1.54, 1.807) is 6.07 Å². The van der Waals surface area contributed by atoms with E-state index in [0.29, 0.717) is 18.8 Å². The van der Waals surface area contributed by atoms with Crippen molar-refractivity contribution in [3.05, 3.63) is 23.4 Å². The van der Waals surface area contributed by atoms with Crippen LogP contribution in [-0.2, 0) is 4.74 Å². The molecule has 2 heterocycles. The highest BCUT2D eigenvalue weighted by atomic mass is 16.5. The molecule has 1 fully saturated rings. The van der Waals surface area contributed by atoms with Gasteiger partial charge in [0, 0.05) is 36.6 Å². The van der Waals surface area contributed by atoms with Crippen molar-refractivity contribution in [3.63, 3.8) is 0 Å². The molecule has 0 aromatic carbocycles. The number of aromatic nitrogens is 1. The first-order chi connectivity index (χ1) is 9.52. The summed E-state index contributed by atoms with van der Waals surface area (Å²) in [7, 11) is 0. The molecule has 1 aromatic heterocycles. The third kappa shape index (κ3) is 3.70. The smallest absolute Gasteiger partial charge is 0.251 e. The highest BCUT2D eigenvalue weighted by Crippen LogP contribution is 2.21. The van der Waals surface area contributed by atoms with Gasteiger partial charge in [-0.15, -0.1) is 0 Å². The SMILES string of the molecule is CCNc1cc(C(=O)NC2(C)CCOCC2)cc(C)n1. The molecule has 1 saturated heterocycles. The summed E-state index contributed by atoms with van der Waals surface area (Å²) >= 11 is 0. The van der Waals surface area contributed by atoms with E-state index in [2.05, 4.69) is 22.5 Å². The van der Waals surface area contributed by atoms with Gasteiger partial charge in [0.05, 0.1) is 0 Å². The minimum absolute atomic E-state index is 0.0425. The number of ether oxygens (including phenoxy) is 1. The number of rotatable bonds is 4. The zero-order chi connectivity index (χ0) is 14.6. The molecule has 1 aliphatic rings. The largest absolute Gasteiger partial charge is 0.381 e. The summed E-state index contributed by atoms with van der Waals surface area (Å²) in [5.74, 6) is 0.703. The molecule has 110 valence electrons. The molecule has 0 bridgehead atoms. The predicted molar refractivity (Wildman–Crippen MR) is 79.1 cm³/mol. The van der Waals surface area contributed by atoms with Crippen molar-refractivity contribution in [3.8, 4) is 0 Å². The Morgan fingerprint density at radius 1 is 1.40 bits per heavy atom. The fourth-order valence-electron chi connectivity index (χ4n) is 2.36. The van der Waals surface area contributed by atoms with Gasteiger partial charge in [0.1, 0.15) is 5.82 Å². The molecule has 5 nitrogen and oxygen atoms in total. The summed E-state index contributed by atoms with van der Waals surface area (Å²) < 4.78 is 5.35. The lowest BCUT2D eigenvalue weighted by Gasteiger charge is -2.34. The number of carbonyl (C=O) groups excluding carboxylic acids is 1. The molecule has 2 rings (SSSR count). The maximum atomic E-state index is 12.4. The Kier molecular flexibility index (Phi) is 4.60. The number of amides is 1. The van der Waals surface area contributed by atoms with Crippen molar-refractivity contribution >= 4 is 11.7 Å². The van der Waals surface area contributed by atoms with Gasteiger partial charge in [0.25, 0.3) is 5.91 Å². The number of carbonyl (C=O) groups is 1. The zero-order valence-corrected chi connectivity index (χ0v) is 12.5. The number of anilines is 1. The number of hydrogen-bond donors (Lipinski definition) is 2. The Bertz CT molecular complexity index is 482. The molecule has 0 aliphatic carbocycles.